The summed E-state index contributed by atoms with van der Waals surface area (Å²) in [7, 11) is 23.6. The Labute approximate surface area is 239 Å². The molecule has 1 aromatic heterocycles. The molecular weight excluding hydrogens is 549 g/mol. The molecule has 6 nitrogen and oxygen atoms in total. The summed E-state index contributed by atoms with van der Waals surface area (Å²) in [6.45, 7) is 4.89. The first kappa shape index (κ1) is 33.8. The van der Waals surface area contributed by atoms with E-state index in [1.165, 1.54) is 12.1 Å². The number of ether oxygens (including phenoxy) is 1. The highest BCUT2D eigenvalue weighted by Gasteiger charge is 2.41. The highest BCUT2D eigenvalue weighted by atomic mass is 32.2. The summed E-state index contributed by atoms with van der Waals surface area (Å²) in [4.78, 5) is 5.91. The highest BCUT2D eigenvalue weighted by Crippen LogP contribution is 2.41. The van der Waals surface area contributed by atoms with E-state index in [0.29, 0.717) is 31.1 Å². The molecule has 40 heavy (non-hydrogen) atoms. The van der Waals surface area contributed by atoms with Crippen LogP contribution in [-0.2, 0) is 12.7 Å². The van der Waals surface area contributed by atoms with Gasteiger partial charge in [0.1, 0.15) is 27.3 Å². The van der Waals surface area contributed by atoms with E-state index in [1.807, 2.05) is 18.7 Å². The van der Waals surface area contributed by atoms with Gasteiger partial charge in [-0.05, 0) is 42.3 Å². The first-order valence-electron chi connectivity index (χ1n) is 12.0. The Kier molecular flexibility index (Phi) is 11.8. The van der Waals surface area contributed by atoms with Crippen molar-refractivity contribution in [3.63, 3.8) is 0 Å². The number of alkyl halides is 3. The predicted molar refractivity (Wildman–Crippen MR) is 147 cm³/mol. The number of hydrogen-bond donors (Lipinski definition) is 1. The fourth-order valence-corrected chi connectivity index (χ4v) is 3.44. The Morgan fingerprint density at radius 2 is 1.70 bits per heavy atom. The first-order valence-corrected chi connectivity index (χ1v) is 12.7. The van der Waals surface area contributed by atoms with Crippen LogP contribution in [0.1, 0.15) is 31.4 Å². The van der Waals surface area contributed by atoms with Crippen LogP contribution in [-0.4, -0.2) is 81.7 Å². The average molecular weight is 573 g/mol. The van der Waals surface area contributed by atoms with Crippen LogP contribution in [0.4, 0.5) is 21.4 Å². The molecule has 1 heterocycles. The van der Waals surface area contributed by atoms with Crippen molar-refractivity contribution >= 4 is 43.5 Å². The van der Waals surface area contributed by atoms with Gasteiger partial charge in [-0.2, -0.15) is 22.0 Å². The minimum absolute atomic E-state index is 0.0212. The third-order valence-electron chi connectivity index (χ3n) is 5.42. The van der Waals surface area contributed by atoms with Crippen molar-refractivity contribution in [2.75, 3.05) is 20.2 Å². The number of benzene rings is 2. The molecule has 0 fully saturated rings. The van der Waals surface area contributed by atoms with Gasteiger partial charge < -0.3 is 19.3 Å². The lowest BCUT2D eigenvalue weighted by Gasteiger charge is -2.41. The predicted octanol–water partition coefficient (Wildman–Crippen LogP) is 4.38. The van der Waals surface area contributed by atoms with Crippen LogP contribution in [0, 0.1) is 5.82 Å². The smallest absolute Gasteiger partial charge is 0.419 e. The molecule has 16 heteroatoms. The van der Waals surface area contributed by atoms with Gasteiger partial charge in [0.15, 0.2) is 0 Å². The topological polar surface area (TPSA) is 71.6 Å². The molecule has 1 N–H and O–H groups in total. The normalized spacial score (nSPS) is 12.2. The lowest BCUT2D eigenvalue weighted by Crippen LogP contribution is -2.58. The van der Waals surface area contributed by atoms with Gasteiger partial charge in [0, 0.05) is 53.9 Å². The third-order valence-corrected chi connectivity index (χ3v) is 6.00. The van der Waals surface area contributed by atoms with Gasteiger partial charge in [-0.3, -0.25) is 0 Å². The highest BCUT2D eigenvalue weighted by molar-refractivity contribution is 7.98. The number of hydrogen-bond acceptors (Lipinski definition) is 7. The van der Waals surface area contributed by atoms with E-state index in [9.17, 15) is 21.4 Å². The molecule has 3 rings (SSSR count). The van der Waals surface area contributed by atoms with Crippen molar-refractivity contribution in [3.05, 3.63) is 53.3 Å². The van der Waals surface area contributed by atoms with Crippen LogP contribution in [0.5, 0.6) is 5.75 Å². The Bertz CT molecular complexity index is 1260. The maximum atomic E-state index is 14.7. The molecule has 0 aliphatic carbocycles. The summed E-state index contributed by atoms with van der Waals surface area (Å²) in [6.07, 6.45) is -4.43. The SMILES string of the molecule is CC.[B]C([B])(Oc1ccc(-c2nc(-c3ccc(CN(C)CCCO)c(F)c3)no2)cc1C(F)(F)F)C([B])([B])SF. The fraction of sp³-hybridized carbons (Fsp3) is 0.417. The summed E-state index contributed by atoms with van der Waals surface area (Å²) in [5, 5.41) is 9.92. The molecule has 2 aromatic carbocycles. The quantitative estimate of drug-likeness (QED) is 0.270. The lowest BCUT2D eigenvalue weighted by atomic mass is 9.44. The van der Waals surface area contributed by atoms with Crippen LogP contribution in [0.25, 0.3) is 22.8 Å². The summed E-state index contributed by atoms with van der Waals surface area (Å²) in [5.41, 5.74) is -0.880. The van der Waals surface area contributed by atoms with Crippen molar-refractivity contribution in [1.82, 2.24) is 15.0 Å². The molecule has 0 atom stereocenters. The summed E-state index contributed by atoms with van der Waals surface area (Å²) in [5.74, 6) is -1.78. The van der Waals surface area contributed by atoms with Crippen molar-refractivity contribution in [2.45, 2.75) is 42.9 Å². The van der Waals surface area contributed by atoms with Gasteiger partial charge in [0.2, 0.25) is 5.82 Å². The van der Waals surface area contributed by atoms with Gasteiger partial charge in [0.25, 0.3) is 5.89 Å². The largest absolute Gasteiger partial charge is 0.506 e. The van der Waals surface area contributed by atoms with Crippen LogP contribution >= 0.6 is 12.1 Å². The van der Waals surface area contributed by atoms with Crippen molar-refractivity contribution in [1.29, 1.82) is 0 Å². The van der Waals surface area contributed by atoms with Crippen LogP contribution in [0.2, 0.25) is 0 Å². The monoisotopic (exact) mass is 573 g/mol. The zero-order valence-corrected chi connectivity index (χ0v) is 22.8. The minimum Gasteiger partial charge on any atom is -0.506 e. The molecule has 3 aromatic rings. The molecule has 0 saturated heterocycles. The van der Waals surface area contributed by atoms with E-state index in [0.717, 1.165) is 12.1 Å². The molecule has 0 aliphatic rings. The molecule has 8 radical (unpaired) electrons. The van der Waals surface area contributed by atoms with Gasteiger partial charge in [0.05, 0.1) is 21.3 Å². The first-order chi connectivity index (χ1) is 18.7. The molecule has 0 bridgehead atoms. The number of halogens is 5. The Hall–Kier alpha value is -2.44. The Morgan fingerprint density at radius 3 is 2.27 bits per heavy atom. The Morgan fingerprint density at radius 1 is 1.05 bits per heavy atom. The molecule has 0 amide bonds. The van der Waals surface area contributed by atoms with Gasteiger partial charge in [-0.15, -0.1) is 0 Å². The second-order valence-electron chi connectivity index (χ2n) is 8.52. The van der Waals surface area contributed by atoms with E-state index >= 15 is 0 Å². The van der Waals surface area contributed by atoms with Crippen LogP contribution in [0.3, 0.4) is 0 Å². The second-order valence-corrected chi connectivity index (χ2v) is 9.35. The number of nitrogens with zero attached hydrogens (tertiary/aromatic N) is 3. The van der Waals surface area contributed by atoms with Gasteiger partial charge in [-0.1, -0.05) is 31.1 Å². The van der Waals surface area contributed by atoms with E-state index in [4.69, 9.17) is 45.8 Å². The van der Waals surface area contributed by atoms with Crippen molar-refractivity contribution in [3.8, 4) is 28.6 Å². The van der Waals surface area contributed by atoms with Gasteiger partial charge in [-0.25, -0.2) is 4.39 Å². The molecular formula is C24H24B4F5N3O3S. The molecule has 0 saturated carbocycles. The van der Waals surface area contributed by atoms with E-state index in [1.54, 1.807) is 13.1 Å². The second kappa shape index (κ2) is 14.0. The molecule has 0 spiro atoms. The molecule has 0 unspecified atom stereocenters. The number of aliphatic hydroxyl groups is 1. The zero-order chi connectivity index (χ0) is 30.3. The van der Waals surface area contributed by atoms with E-state index in [-0.39, 0.29) is 29.4 Å². The number of rotatable bonds is 11. The lowest BCUT2D eigenvalue weighted by molar-refractivity contribution is -0.139. The van der Waals surface area contributed by atoms with Crippen molar-refractivity contribution < 1.29 is 35.8 Å². The third kappa shape index (κ3) is 8.29. The Balaban J connectivity index is 0.00000274. The molecule has 0 aliphatic heterocycles. The number of aliphatic hydroxyl groups excluding tert-OH is 1. The number of aromatic nitrogens is 2. The zero-order valence-electron chi connectivity index (χ0n) is 22.0. The van der Waals surface area contributed by atoms with Crippen LogP contribution < -0.4 is 4.74 Å². The fourth-order valence-electron chi connectivity index (χ4n) is 3.28. The standard InChI is InChI=1S/C22H18B4F5N3O3S.C2H6/c1-34(7-2-8-35)11-14-4-3-12(10-16(14)27)18-32-19(37-33-18)13-5-6-17(15(9-13)20(28,29)30)36-21(23,24)22(25,26)38-31;1-2/h3-6,9-10,35H,2,7-8,11H2,1H3;1-2H3. The van der Waals surface area contributed by atoms with Crippen LogP contribution in [0.15, 0.2) is 40.9 Å². The minimum atomic E-state index is -4.97. The van der Waals surface area contributed by atoms with Gasteiger partial charge >= 0.3 is 6.18 Å². The van der Waals surface area contributed by atoms with Crippen molar-refractivity contribution in [2.24, 2.45) is 0 Å². The molecule has 206 valence electrons. The summed E-state index contributed by atoms with van der Waals surface area (Å²) in [6, 6.07) is 6.88. The van der Waals surface area contributed by atoms with E-state index < -0.39 is 45.4 Å². The maximum Gasteiger partial charge on any atom is 0.419 e. The van der Waals surface area contributed by atoms with E-state index in [2.05, 4.69) is 10.1 Å². The maximum absolute atomic E-state index is 14.7. The average Bonchev–Trinajstić information content (AvgIpc) is 3.39. The summed E-state index contributed by atoms with van der Waals surface area (Å²) >= 11 is -0.697. The summed E-state index contributed by atoms with van der Waals surface area (Å²) < 4.78 is 76.5.